The number of nitrogens with one attached hydrogen (secondary N) is 1. The number of hydrogen-bond donors (Lipinski definition) is 1. The Morgan fingerprint density at radius 3 is 2.43 bits per heavy atom. The third-order valence-corrected chi connectivity index (χ3v) is 4.66. The molecule has 1 amide bonds. The highest BCUT2D eigenvalue weighted by Gasteiger charge is 2.16. The zero-order valence-electron chi connectivity index (χ0n) is 15.5. The lowest BCUT2D eigenvalue weighted by atomic mass is 10.00. The summed E-state index contributed by atoms with van der Waals surface area (Å²) in [7, 11) is 0. The van der Waals surface area contributed by atoms with E-state index in [0.717, 1.165) is 22.4 Å². The number of carbonyl (C=O) groups is 1. The van der Waals surface area contributed by atoms with Crippen LogP contribution in [-0.4, -0.2) is 10.9 Å². The van der Waals surface area contributed by atoms with Gasteiger partial charge in [-0.15, -0.1) is 0 Å². The Balaban J connectivity index is 1.50. The van der Waals surface area contributed by atoms with E-state index in [1.807, 2.05) is 61.5 Å². The van der Waals surface area contributed by atoms with E-state index in [9.17, 15) is 4.79 Å². The summed E-state index contributed by atoms with van der Waals surface area (Å²) in [5.74, 6) is 1.09. The van der Waals surface area contributed by atoms with Crippen molar-refractivity contribution in [2.24, 2.45) is 0 Å². The molecule has 1 unspecified atom stereocenters. The molecular formula is C24H20N2O2. The molecule has 4 nitrogen and oxygen atoms in total. The Morgan fingerprint density at radius 2 is 1.61 bits per heavy atom. The molecule has 0 bridgehead atoms. The number of amides is 1. The molecule has 0 spiro atoms. The summed E-state index contributed by atoms with van der Waals surface area (Å²) in [4.78, 5) is 16.5. The predicted octanol–water partition coefficient (Wildman–Crippen LogP) is 5.77. The minimum atomic E-state index is -0.312. The maximum absolute atomic E-state index is 12.6. The molecule has 0 aliphatic heterocycles. The number of nitrogens with zero attached hydrogens (tertiary/aromatic N) is 1. The molecule has 0 radical (unpaired) electrons. The van der Waals surface area contributed by atoms with Crippen molar-refractivity contribution >= 4 is 22.4 Å². The van der Waals surface area contributed by atoms with Crippen molar-refractivity contribution in [3.8, 4) is 11.5 Å². The van der Waals surface area contributed by atoms with Crippen molar-refractivity contribution < 1.29 is 9.53 Å². The van der Waals surface area contributed by atoms with Crippen LogP contribution >= 0.6 is 0 Å². The summed E-state index contributed by atoms with van der Waals surface area (Å²) >= 11 is 0. The van der Waals surface area contributed by atoms with Crippen molar-refractivity contribution in [2.75, 3.05) is 5.32 Å². The number of benzene rings is 3. The first-order valence-corrected chi connectivity index (χ1v) is 9.16. The molecule has 0 saturated carbocycles. The maximum Gasteiger partial charge on any atom is 0.231 e. The summed E-state index contributed by atoms with van der Waals surface area (Å²) in [5, 5.41) is 5.21. The average molecular weight is 368 g/mol. The Morgan fingerprint density at radius 1 is 0.857 bits per heavy atom. The second-order valence-electron chi connectivity index (χ2n) is 6.63. The molecule has 0 saturated heterocycles. The molecule has 138 valence electrons. The molecule has 3 aromatic carbocycles. The van der Waals surface area contributed by atoms with Gasteiger partial charge in [-0.05, 0) is 59.7 Å². The molecule has 4 heteroatoms. The maximum atomic E-state index is 12.6. The molecule has 4 aromatic rings. The molecule has 4 rings (SSSR count). The van der Waals surface area contributed by atoms with E-state index in [1.54, 1.807) is 24.5 Å². The summed E-state index contributed by atoms with van der Waals surface area (Å²) in [5.41, 5.74) is 1.63. The molecule has 1 N–H and O–H groups in total. The Hall–Kier alpha value is -3.66. The summed E-state index contributed by atoms with van der Waals surface area (Å²) in [6.07, 6.45) is 3.30. The third-order valence-electron chi connectivity index (χ3n) is 4.66. The van der Waals surface area contributed by atoms with E-state index in [4.69, 9.17) is 4.74 Å². The monoisotopic (exact) mass is 368 g/mol. The zero-order chi connectivity index (χ0) is 19.3. The van der Waals surface area contributed by atoms with Gasteiger partial charge in [-0.1, -0.05) is 42.5 Å². The van der Waals surface area contributed by atoms with Crippen LogP contribution < -0.4 is 10.1 Å². The molecule has 28 heavy (non-hydrogen) atoms. The van der Waals surface area contributed by atoms with Gasteiger partial charge < -0.3 is 10.1 Å². The van der Waals surface area contributed by atoms with Crippen LogP contribution in [0, 0.1) is 0 Å². The quantitative estimate of drug-likeness (QED) is 0.486. The van der Waals surface area contributed by atoms with Gasteiger partial charge >= 0.3 is 0 Å². The Labute approximate surface area is 163 Å². The van der Waals surface area contributed by atoms with Crippen LogP contribution in [0.2, 0.25) is 0 Å². The van der Waals surface area contributed by atoms with Crippen molar-refractivity contribution in [1.82, 2.24) is 4.98 Å². The Bertz CT molecular complexity index is 1110. The van der Waals surface area contributed by atoms with Crippen LogP contribution in [0.15, 0.2) is 91.3 Å². The standard InChI is InChI=1S/C24H20N2O2/c1-17(24(27)26-21-11-13-25-14-12-21)19-7-4-8-22(15-19)28-23-10-9-18-5-2-3-6-20(18)16-23/h2-17H,1H3,(H,25,26,27). The normalized spacial score (nSPS) is 11.8. The Kier molecular flexibility index (Phi) is 5.02. The predicted molar refractivity (Wildman–Crippen MR) is 112 cm³/mol. The van der Waals surface area contributed by atoms with E-state index in [1.165, 1.54) is 5.39 Å². The van der Waals surface area contributed by atoms with Crippen LogP contribution in [0.5, 0.6) is 11.5 Å². The van der Waals surface area contributed by atoms with Gasteiger partial charge in [0.25, 0.3) is 0 Å². The number of aromatic nitrogens is 1. The first kappa shape index (κ1) is 17.7. The molecular weight excluding hydrogens is 348 g/mol. The van der Waals surface area contributed by atoms with E-state index >= 15 is 0 Å². The van der Waals surface area contributed by atoms with Gasteiger partial charge in [-0.2, -0.15) is 0 Å². The van der Waals surface area contributed by atoms with Crippen molar-refractivity contribution in [2.45, 2.75) is 12.8 Å². The van der Waals surface area contributed by atoms with Gasteiger partial charge in [0.1, 0.15) is 11.5 Å². The minimum absolute atomic E-state index is 0.0749. The lowest BCUT2D eigenvalue weighted by Crippen LogP contribution is -2.18. The van der Waals surface area contributed by atoms with E-state index < -0.39 is 0 Å². The summed E-state index contributed by atoms with van der Waals surface area (Å²) in [6, 6.07) is 25.3. The van der Waals surface area contributed by atoms with Gasteiger partial charge in [0, 0.05) is 18.1 Å². The largest absolute Gasteiger partial charge is 0.457 e. The van der Waals surface area contributed by atoms with Gasteiger partial charge in [0.2, 0.25) is 5.91 Å². The summed E-state index contributed by atoms with van der Waals surface area (Å²) < 4.78 is 6.04. The zero-order valence-corrected chi connectivity index (χ0v) is 15.5. The fraction of sp³-hybridized carbons (Fsp3) is 0.0833. The highest BCUT2D eigenvalue weighted by Crippen LogP contribution is 2.28. The van der Waals surface area contributed by atoms with Gasteiger partial charge in [-0.25, -0.2) is 0 Å². The smallest absolute Gasteiger partial charge is 0.231 e. The number of pyridine rings is 1. The topological polar surface area (TPSA) is 51.2 Å². The number of ether oxygens (including phenoxy) is 1. The molecule has 1 aromatic heterocycles. The average Bonchev–Trinajstić information content (AvgIpc) is 2.74. The van der Waals surface area contributed by atoms with Crippen molar-refractivity contribution in [1.29, 1.82) is 0 Å². The fourth-order valence-corrected chi connectivity index (χ4v) is 3.05. The van der Waals surface area contributed by atoms with Crippen LogP contribution in [0.4, 0.5) is 5.69 Å². The fourth-order valence-electron chi connectivity index (χ4n) is 3.05. The SMILES string of the molecule is CC(C(=O)Nc1ccncc1)c1cccc(Oc2ccc3ccccc3c2)c1. The highest BCUT2D eigenvalue weighted by molar-refractivity contribution is 5.95. The number of anilines is 1. The second-order valence-corrected chi connectivity index (χ2v) is 6.63. The number of fused-ring (bicyclic) bond motifs is 1. The van der Waals surface area contributed by atoms with E-state index in [2.05, 4.69) is 22.4 Å². The molecule has 0 fully saturated rings. The third kappa shape index (κ3) is 4.01. The van der Waals surface area contributed by atoms with Crippen LogP contribution in [0.3, 0.4) is 0 Å². The molecule has 1 heterocycles. The van der Waals surface area contributed by atoms with Crippen LogP contribution in [-0.2, 0) is 4.79 Å². The van der Waals surface area contributed by atoms with E-state index in [0.29, 0.717) is 5.75 Å². The van der Waals surface area contributed by atoms with Crippen molar-refractivity contribution in [3.05, 3.63) is 96.8 Å². The highest BCUT2D eigenvalue weighted by atomic mass is 16.5. The second kappa shape index (κ2) is 7.92. The van der Waals surface area contributed by atoms with E-state index in [-0.39, 0.29) is 11.8 Å². The van der Waals surface area contributed by atoms with Crippen LogP contribution in [0.25, 0.3) is 10.8 Å². The lowest BCUT2D eigenvalue weighted by Gasteiger charge is -2.14. The van der Waals surface area contributed by atoms with Gasteiger partial charge in [-0.3, -0.25) is 9.78 Å². The van der Waals surface area contributed by atoms with Gasteiger partial charge in [0.05, 0.1) is 5.92 Å². The van der Waals surface area contributed by atoms with Gasteiger partial charge in [0.15, 0.2) is 0 Å². The number of hydrogen-bond acceptors (Lipinski definition) is 3. The molecule has 0 aliphatic rings. The van der Waals surface area contributed by atoms with Crippen molar-refractivity contribution in [3.63, 3.8) is 0 Å². The number of carbonyl (C=O) groups excluding carboxylic acids is 1. The lowest BCUT2D eigenvalue weighted by molar-refractivity contribution is -0.117. The minimum Gasteiger partial charge on any atom is -0.457 e. The van der Waals surface area contributed by atoms with Crippen LogP contribution in [0.1, 0.15) is 18.4 Å². The number of rotatable bonds is 5. The summed E-state index contributed by atoms with van der Waals surface area (Å²) in [6.45, 7) is 1.88. The first-order valence-electron chi connectivity index (χ1n) is 9.16. The molecule has 1 atom stereocenters. The molecule has 0 aliphatic carbocycles. The first-order chi connectivity index (χ1) is 13.7.